The van der Waals surface area contributed by atoms with Crippen molar-refractivity contribution in [2.75, 3.05) is 5.75 Å². The number of fused-ring (bicyclic) bond motifs is 1. The summed E-state index contributed by atoms with van der Waals surface area (Å²) >= 11 is 1.45. The molecule has 2 aromatic heterocycles. The third-order valence-corrected chi connectivity index (χ3v) is 5.10. The molecule has 0 saturated heterocycles. The SMILES string of the molecule is CCCn1c(=O)n(C)c(=O)c2c(SCCCC(C)=O)nc(C(C)C)nc21. The van der Waals surface area contributed by atoms with Gasteiger partial charge in [0.15, 0.2) is 5.65 Å². The van der Waals surface area contributed by atoms with Crippen molar-refractivity contribution in [2.24, 2.45) is 7.05 Å². The molecule has 0 spiro atoms. The number of hydrogen-bond donors (Lipinski definition) is 0. The topological polar surface area (TPSA) is 86.9 Å². The Labute approximate surface area is 156 Å². The summed E-state index contributed by atoms with van der Waals surface area (Å²) in [5, 5.41) is 0.977. The molecule has 0 radical (unpaired) electrons. The van der Waals surface area contributed by atoms with Gasteiger partial charge in [-0.05, 0) is 25.5 Å². The first-order valence-electron chi connectivity index (χ1n) is 8.91. The lowest BCUT2D eigenvalue weighted by atomic mass is 10.2. The molecule has 0 saturated carbocycles. The van der Waals surface area contributed by atoms with Gasteiger partial charge >= 0.3 is 5.69 Å². The molecular formula is C18H26N4O3S. The lowest BCUT2D eigenvalue weighted by Gasteiger charge is -2.15. The monoisotopic (exact) mass is 378 g/mol. The van der Waals surface area contributed by atoms with E-state index in [-0.39, 0.29) is 23.0 Å². The van der Waals surface area contributed by atoms with Crippen molar-refractivity contribution in [2.45, 2.75) is 64.4 Å². The third kappa shape index (κ3) is 4.23. The Morgan fingerprint density at radius 1 is 1.23 bits per heavy atom. The molecule has 2 aromatic rings. The van der Waals surface area contributed by atoms with Crippen molar-refractivity contribution in [3.8, 4) is 0 Å². The molecule has 0 bridgehead atoms. The van der Waals surface area contributed by atoms with E-state index in [1.54, 1.807) is 11.5 Å². The predicted molar refractivity (Wildman–Crippen MR) is 104 cm³/mol. The van der Waals surface area contributed by atoms with Gasteiger partial charge in [-0.3, -0.25) is 13.9 Å². The van der Waals surface area contributed by atoms with E-state index < -0.39 is 0 Å². The minimum Gasteiger partial charge on any atom is -0.300 e. The second-order valence-electron chi connectivity index (χ2n) is 6.69. The molecule has 26 heavy (non-hydrogen) atoms. The molecule has 0 fully saturated rings. The maximum absolute atomic E-state index is 12.8. The number of nitrogens with zero attached hydrogens (tertiary/aromatic N) is 4. The molecule has 142 valence electrons. The van der Waals surface area contributed by atoms with Crippen LogP contribution in [0.5, 0.6) is 0 Å². The van der Waals surface area contributed by atoms with Crippen LogP contribution in [0.4, 0.5) is 0 Å². The van der Waals surface area contributed by atoms with E-state index in [0.29, 0.717) is 40.6 Å². The molecule has 0 atom stereocenters. The Morgan fingerprint density at radius 2 is 1.92 bits per heavy atom. The van der Waals surface area contributed by atoms with E-state index in [1.807, 2.05) is 20.8 Å². The summed E-state index contributed by atoms with van der Waals surface area (Å²) in [4.78, 5) is 45.6. The fourth-order valence-electron chi connectivity index (χ4n) is 2.63. The van der Waals surface area contributed by atoms with Crippen LogP contribution < -0.4 is 11.2 Å². The molecule has 0 aliphatic rings. The molecule has 7 nitrogen and oxygen atoms in total. The molecule has 0 N–H and O–H groups in total. The van der Waals surface area contributed by atoms with Crippen molar-refractivity contribution in [3.05, 3.63) is 26.7 Å². The molecule has 0 amide bonds. The van der Waals surface area contributed by atoms with Gasteiger partial charge in [0.05, 0.1) is 0 Å². The van der Waals surface area contributed by atoms with Crippen LogP contribution in [0.3, 0.4) is 0 Å². The molecule has 0 aliphatic heterocycles. The van der Waals surface area contributed by atoms with E-state index in [1.165, 1.54) is 18.8 Å². The Bertz CT molecular complexity index is 931. The van der Waals surface area contributed by atoms with Gasteiger partial charge in [0.1, 0.15) is 22.0 Å². The predicted octanol–water partition coefficient (Wildman–Crippen LogP) is 2.48. The zero-order chi connectivity index (χ0) is 19.4. The van der Waals surface area contributed by atoms with Gasteiger partial charge in [0.25, 0.3) is 5.56 Å². The average Bonchev–Trinajstić information content (AvgIpc) is 2.59. The standard InChI is InChI=1S/C18H26N4O3S/c1-6-9-22-15-13(17(24)21(5)18(22)25)16(20-14(19-15)11(2)3)26-10-7-8-12(4)23/h11H,6-10H2,1-5H3. The van der Waals surface area contributed by atoms with Crippen LogP contribution in [0, 0.1) is 0 Å². The highest BCUT2D eigenvalue weighted by molar-refractivity contribution is 7.99. The molecule has 0 aromatic carbocycles. The van der Waals surface area contributed by atoms with Crippen molar-refractivity contribution in [1.82, 2.24) is 19.1 Å². The maximum atomic E-state index is 12.8. The number of rotatable bonds is 8. The van der Waals surface area contributed by atoms with Gasteiger partial charge in [0, 0.05) is 25.9 Å². The summed E-state index contributed by atoms with van der Waals surface area (Å²) < 4.78 is 2.68. The number of aromatic nitrogens is 4. The zero-order valence-corrected chi connectivity index (χ0v) is 16.9. The fraction of sp³-hybridized carbons (Fsp3) is 0.611. The van der Waals surface area contributed by atoms with Gasteiger partial charge in [-0.15, -0.1) is 11.8 Å². The van der Waals surface area contributed by atoms with Gasteiger partial charge < -0.3 is 4.79 Å². The number of ketones is 1. The van der Waals surface area contributed by atoms with Crippen LogP contribution in [0.15, 0.2) is 14.6 Å². The summed E-state index contributed by atoms with van der Waals surface area (Å²) in [6.45, 7) is 8.00. The summed E-state index contributed by atoms with van der Waals surface area (Å²) in [6.07, 6.45) is 1.98. The Kier molecular flexibility index (Phi) is 6.75. The number of hydrogen-bond acceptors (Lipinski definition) is 6. The first-order chi connectivity index (χ1) is 12.3. The Balaban J connectivity index is 2.67. The van der Waals surface area contributed by atoms with E-state index >= 15 is 0 Å². The second kappa shape index (κ2) is 8.62. The van der Waals surface area contributed by atoms with Crippen molar-refractivity contribution < 1.29 is 4.79 Å². The van der Waals surface area contributed by atoms with Gasteiger partial charge in [0.2, 0.25) is 0 Å². The minimum atomic E-state index is -0.373. The van der Waals surface area contributed by atoms with Gasteiger partial charge in [-0.25, -0.2) is 14.8 Å². The van der Waals surface area contributed by atoms with E-state index in [9.17, 15) is 14.4 Å². The largest absolute Gasteiger partial charge is 0.332 e. The number of Topliss-reactive ketones (excluding diaryl/α,β-unsaturated/α-hetero) is 1. The van der Waals surface area contributed by atoms with Crippen LogP contribution in [-0.2, 0) is 18.4 Å². The molecule has 2 rings (SSSR count). The number of thioether (sulfide) groups is 1. The molecule has 0 aliphatic carbocycles. The Hall–Kier alpha value is -1.96. The van der Waals surface area contributed by atoms with E-state index in [4.69, 9.17) is 0 Å². The summed E-state index contributed by atoms with van der Waals surface area (Å²) in [7, 11) is 1.48. The van der Waals surface area contributed by atoms with E-state index in [0.717, 1.165) is 17.4 Å². The van der Waals surface area contributed by atoms with E-state index in [2.05, 4.69) is 9.97 Å². The van der Waals surface area contributed by atoms with Gasteiger partial charge in [-0.1, -0.05) is 20.8 Å². The quantitative estimate of drug-likeness (QED) is 0.398. The van der Waals surface area contributed by atoms with Crippen LogP contribution in [0.1, 0.15) is 58.7 Å². The van der Waals surface area contributed by atoms with Crippen LogP contribution in [0.2, 0.25) is 0 Å². The molecule has 0 unspecified atom stereocenters. The third-order valence-electron chi connectivity index (χ3n) is 4.04. The lowest BCUT2D eigenvalue weighted by Crippen LogP contribution is -2.39. The minimum absolute atomic E-state index is 0.0743. The maximum Gasteiger partial charge on any atom is 0.332 e. The highest BCUT2D eigenvalue weighted by atomic mass is 32.2. The highest BCUT2D eigenvalue weighted by Gasteiger charge is 2.19. The summed E-state index contributed by atoms with van der Waals surface area (Å²) in [5.41, 5.74) is -0.320. The van der Waals surface area contributed by atoms with Crippen molar-refractivity contribution in [3.63, 3.8) is 0 Å². The second-order valence-corrected chi connectivity index (χ2v) is 7.78. The first-order valence-corrected chi connectivity index (χ1v) is 9.90. The average molecular weight is 378 g/mol. The summed E-state index contributed by atoms with van der Waals surface area (Å²) in [6, 6.07) is 0. The lowest BCUT2D eigenvalue weighted by molar-refractivity contribution is -0.117. The van der Waals surface area contributed by atoms with Gasteiger partial charge in [-0.2, -0.15) is 0 Å². The molecule has 8 heteroatoms. The van der Waals surface area contributed by atoms with Crippen molar-refractivity contribution in [1.29, 1.82) is 0 Å². The smallest absolute Gasteiger partial charge is 0.300 e. The van der Waals surface area contributed by atoms with Crippen LogP contribution >= 0.6 is 11.8 Å². The number of aryl methyl sites for hydroxylation is 1. The summed E-state index contributed by atoms with van der Waals surface area (Å²) in [5.74, 6) is 1.52. The van der Waals surface area contributed by atoms with Crippen molar-refractivity contribution >= 4 is 28.6 Å². The first kappa shape index (κ1) is 20.4. The fourth-order valence-corrected chi connectivity index (χ4v) is 3.59. The number of carbonyl (C=O) groups is 1. The molecule has 2 heterocycles. The highest BCUT2D eigenvalue weighted by Crippen LogP contribution is 2.25. The number of carbonyl (C=O) groups excluding carboxylic acids is 1. The Morgan fingerprint density at radius 3 is 2.50 bits per heavy atom. The van der Waals surface area contributed by atoms with Crippen LogP contribution in [0.25, 0.3) is 11.0 Å². The normalized spacial score (nSPS) is 11.5. The molecular weight excluding hydrogens is 352 g/mol. The zero-order valence-electron chi connectivity index (χ0n) is 16.0. The van der Waals surface area contributed by atoms with Crippen LogP contribution in [-0.4, -0.2) is 30.6 Å².